The van der Waals surface area contributed by atoms with Crippen LogP contribution in [0.4, 0.5) is 11.8 Å². The summed E-state index contributed by atoms with van der Waals surface area (Å²) in [5.74, 6) is 2.49. The largest absolute Gasteiger partial charge is 0.489 e. The first-order chi connectivity index (χ1) is 13.8. The van der Waals surface area contributed by atoms with Gasteiger partial charge in [0.2, 0.25) is 11.9 Å². The third-order valence-electron chi connectivity index (χ3n) is 5.29. The number of nitrogens with one attached hydrogen (secondary N) is 1. The fourth-order valence-corrected chi connectivity index (χ4v) is 3.36. The van der Waals surface area contributed by atoms with Crippen LogP contribution in [0.5, 0.6) is 5.75 Å². The minimum Gasteiger partial charge on any atom is -0.489 e. The van der Waals surface area contributed by atoms with Gasteiger partial charge in [0.15, 0.2) is 0 Å². The van der Waals surface area contributed by atoms with Crippen molar-refractivity contribution in [1.82, 2.24) is 15.3 Å². The Kier molecular flexibility index (Phi) is 6.56. The van der Waals surface area contributed by atoms with Gasteiger partial charge in [0.05, 0.1) is 12.6 Å². The lowest BCUT2D eigenvalue weighted by molar-refractivity contribution is -0.119. The maximum Gasteiger partial charge on any atom is 0.227 e. The lowest BCUT2D eigenvalue weighted by Gasteiger charge is -2.23. The maximum absolute atomic E-state index is 11.2. The summed E-state index contributed by atoms with van der Waals surface area (Å²) in [6.45, 7) is 9.45. The summed E-state index contributed by atoms with van der Waals surface area (Å²) in [6.07, 6.45) is 2.89. The molecular formula is C22H31N5O2. The van der Waals surface area contributed by atoms with Crippen LogP contribution >= 0.6 is 0 Å². The Bertz CT molecular complexity index is 824. The lowest BCUT2D eigenvalue weighted by Crippen LogP contribution is -2.29. The van der Waals surface area contributed by atoms with Crippen LogP contribution in [0.2, 0.25) is 0 Å². The van der Waals surface area contributed by atoms with E-state index in [1.54, 1.807) is 0 Å². The van der Waals surface area contributed by atoms with Crippen LogP contribution in [0, 0.1) is 0 Å². The van der Waals surface area contributed by atoms with Crippen LogP contribution in [0.15, 0.2) is 36.5 Å². The highest BCUT2D eigenvalue weighted by Gasteiger charge is 2.25. The van der Waals surface area contributed by atoms with Crippen molar-refractivity contribution >= 4 is 17.7 Å². The molecule has 1 N–H and O–H groups in total. The van der Waals surface area contributed by atoms with E-state index in [0.717, 1.165) is 42.6 Å². The van der Waals surface area contributed by atoms with E-state index in [2.05, 4.69) is 33.9 Å². The van der Waals surface area contributed by atoms with Crippen LogP contribution in [-0.4, -0.2) is 48.2 Å². The van der Waals surface area contributed by atoms with Crippen molar-refractivity contribution in [3.05, 3.63) is 42.1 Å². The molecule has 1 amide bonds. The zero-order valence-electron chi connectivity index (χ0n) is 17.9. The average Bonchev–Trinajstić information content (AvgIpc) is 3.16. The summed E-state index contributed by atoms with van der Waals surface area (Å²) < 4.78 is 6.18. The van der Waals surface area contributed by atoms with Gasteiger partial charge < -0.3 is 19.9 Å². The molecule has 156 valence electrons. The summed E-state index contributed by atoms with van der Waals surface area (Å²) in [5, 5.41) is 2.89. The third-order valence-corrected chi connectivity index (χ3v) is 5.29. The normalized spacial score (nSPS) is 17.3. The van der Waals surface area contributed by atoms with Crippen LogP contribution in [0.1, 0.15) is 45.7 Å². The standard InChI is InChI=1S/C22H31N5O2/c1-15(2)26(5)22-23-12-10-21(25-22)27-13-11-20(14-27)29-19-8-6-18(7-9-19)16(3)24-17(4)28/h6-10,12,15-16,20H,11,13-14H2,1-5H3,(H,24,28)/t16-,20+/m0/s1. The van der Waals surface area contributed by atoms with E-state index in [0.29, 0.717) is 6.04 Å². The van der Waals surface area contributed by atoms with Crippen LogP contribution in [-0.2, 0) is 4.79 Å². The number of amides is 1. The van der Waals surface area contributed by atoms with Crippen molar-refractivity contribution in [2.45, 2.75) is 52.3 Å². The van der Waals surface area contributed by atoms with Gasteiger partial charge in [-0.05, 0) is 44.5 Å². The SMILES string of the molecule is CC(=O)N[C@@H](C)c1ccc(O[C@@H]2CCN(c3ccnc(N(C)C(C)C)n3)C2)cc1. The summed E-state index contributed by atoms with van der Waals surface area (Å²) in [4.78, 5) is 24.6. The first-order valence-corrected chi connectivity index (χ1v) is 10.2. The van der Waals surface area contributed by atoms with Gasteiger partial charge in [-0.2, -0.15) is 4.98 Å². The van der Waals surface area contributed by atoms with E-state index < -0.39 is 0 Å². The first kappa shape index (κ1) is 20.9. The molecule has 7 nitrogen and oxygen atoms in total. The van der Waals surface area contributed by atoms with E-state index in [1.807, 2.05) is 50.5 Å². The van der Waals surface area contributed by atoms with Gasteiger partial charge in [-0.15, -0.1) is 0 Å². The van der Waals surface area contributed by atoms with Crippen LogP contribution in [0.25, 0.3) is 0 Å². The van der Waals surface area contributed by atoms with Crippen LogP contribution < -0.4 is 19.9 Å². The summed E-state index contributed by atoms with van der Waals surface area (Å²) >= 11 is 0. The number of ether oxygens (including phenoxy) is 1. The van der Waals surface area contributed by atoms with E-state index in [1.165, 1.54) is 6.92 Å². The Morgan fingerprint density at radius 3 is 2.62 bits per heavy atom. The quantitative estimate of drug-likeness (QED) is 0.774. The second-order valence-electron chi connectivity index (χ2n) is 7.89. The molecule has 29 heavy (non-hydrogen) atoms. The molecule has 2 atom stereocenters. The third kappa shape index (κ3) is 5.37. The summed E-state index contributed by atoms with van der Waals surface area (Å²) in [7, 11) is 2.01. The molecule has 1 aliphatic rings. The van der Waals surface area contributed by atoms with E-state index in [-0.39, 0.29) is 18.1 Å². The van der Waals surface area contributed by atoms with Gasteiger partial charge in [-0.25, -0.2) is 4.98 Å². The van der Waals surface area contributed by atoms with Gasteiger partial charge in [0.1, 0.15) is 17.7 Å². The molecule has 1 aliphatic heterocycles. The Morgan fingerprint density at radius 1 is 1.24 bits per heavy atom. The van der Waals surface area contributed by atoms with Crippen molar-refractivity contribution in [2.75, 3.05) is 29.9 Å². The maximum atomic E-state index is 11.2. The minimum absolute atomic E-state index is 0.0144. The zero-order valence-corrected chi connectivity index (χ0v) is 17.9. The Hall–Kier alpha value is -2.83. The molecule has 0 saturated carbocycles. The highest BCUT2D eigenvalue weighted by atomic mass is 16.5. The van der Waals surface area contributed by atoms with Gasteiger partial charge in [-0.1, -0.05) is 12.1 Å². The van der Waals surface area contributed by atoms with E-state index in [9.17, 15) is 4.79 Å². The second-order valence-corrected chi connectivity index (χ2v) is 7.89. The molecule has 3 rings (SSSR count). The monoisotopic (exact) mass is 397 g/mol. The Labute approximate surface area is 173 Å². The van der Waals surface area contributed by atoms with Crippen molar-refractivity contribution in [1.29, 1.82) is 0 Å². The molecule has 1 saturated heterocycles. The number of aromatic nitrogens is 2. The molecule has 1 aromatic carbocycles. The number of carbonyl (C=O) groups is 1. The molecule has 0 bridgehead atoms. The molecule has 0 spiro atoms. The average molecular weight is 398 g/mol. The topological polar surface area (TPSA) is 70.6 Å². The Balaban J connectivity index is 1.59. The summed E-state index contributed by atoms with van der Waals surface area (Å²) in [6, 6.07) is 10.2. The van der Waals surface area contributed by atoms with Crippen molar-refractivity contribution in [2.24, 2.45) is 0 Å². The van der Waals surface area contributed by atoms with Gasteiger partial charge in [-0.3, -0.25) is 4.79 Å². The summed E-state index contributed by atoms with van der Waals surface area (Å²) in [5.41, 5.74) is 1.06. The number of rotatable bonds is 7. The number of hydrogen-bond donors (Lipinski definition) is 1. The molecule has 2 heterocycles. The van der Waals surface area contributed by atoms with Gasteiger partial charge in [0, 0.05) is 39.2 Å². The fraction of sp³-hybridized carbons (Fsp3) is 0.500. The number of benzene rings is 1. The van der Waals surface area contributed by atoms with Crippen molar-refractivity contribution in [3.8, 4) is 5.75 Å². The molecule has 0 unspecified atom stereocenters. The molecular weight excluding hydrogens is 366 g/mol. The van der Waals surface area contributed by atoms with Crippen molar-refractivity contribution < 1.29 is 9.53 Å². The smallest absolute Gasteiger partial charge is 0.227 e. The fourth-order valence-electron chi connectivity index (χ4n) is 3.36. The lowest BCUT2D eigenvalue weighted by atomic mass is 10.1. The predicted molar refractivity (Wildman–Crippen MR) is 115 cm³/mol. The molecule has 1 fully saturated rings. The minimum atomic E-state index is -0.0312. The van der Waals surface area contributed by atoms with Gasteiger partial charge >= 0.3 is 0 Å². The van der Waals surface area contributed by atoms with E-state index >= 15 is 0 Å². The van der Waals surface area contributed by atoms with Gasteiger partial charge in [0.25, 0.3) is 0 Å². The zero-order chi connectivity index (χ0) is 21.0. The highest BCUT2D eigenvalue weighted by molar-refractivity contribution is 5.73. The molecule has 0 radical (unpaired) electrons. The van der Waals surface area contributed by atoms with Crippen molar-refractivity contribution in [3.63, 3.8) is 0 Å². The van der Waals surface area contributed by atoms with Crippen LogP contribution in [0.3, 0.4) is 0 Å². The molecule has 1 aromatic heterocycles. The number of anilines is 2. The predicted octanol–water partition coefficient (Wildman–Crippen LogP) is 3.18. The highest BCUT2D eigenvalue weighted by Crippen LogP contribution is 2.24. The van der Waals surface area contributed by atoms with E-state index in [4.69, 9.17) is 9.72 Å². The number of nitrogens with zero attached hydrogens (tertiary/aromatic N) is 4. The molecule has 0 aliphatic carbocycles. The first-order valence-electron chi connectivity index (χ1n) is 10.2. The molecule has 2 aromatic rings. The molecule has 7 heteroatoms. The number of carbonyl (C=O) groups excluding carboxylic acids is 1. The Morgan fingerprint density at radius 2 is 1.97 bits per heavy atom. The second kappa shape index (κ2) is 9.11. The number of hydrogen-bond acceptors (Lipinski definition) is 6.